The van der Waals surface area contributed by atoms with Crippen molar-refractivity contribution in [3.05, 3.63) is 75.3 Å². The van der Waals surface area contributed by atoms with Crippen molar-refractivity contribution in [3.63, 3.8) is 0 Å². The second kappa shape index (κ2) is 5.66. The van der Waals surface area contributed by atoms with Crippen molar-refractivity contribution in [1.29, 1.82) is 0 Å². The number of hydrogen-bond acceptors (Lipinski definition) is 5. The lowest BCUT2D eigenvalue weighted by Gasteiger charge is -2.13. The van der Waals surface area contributed by atoms with Crippen molar-refractivity contribution in [3.8, 4) is 11.5 Å². The third kappa shape index (κ3) is 2.34. The van der Waals surface area contributed by atoms with E-state index >= 15 is 0 Å². The Morgan fingerprint density at radius 1 is 0.958 bits per heavy atom. The molecule has 3 aromatic rings. The SMILES string of the molecule is Cc1c(C(=O)c2ccc([N+](=O)[O-])cc2)c(O)c2ccccc2c1O. The summed E-state index contributed by atoms with van der Waals surface area (Å²) in [4.78, 5) is 22.9. The first-order valence-electron chi connectivity index (χ1n) is 7.14. The molecule has 0 aliphatic carbocycles. The van der Waals surface area contributed by atoms with Crippen molar-refractivity contribution in [2.75, 3.05) is 0 Å². The highest BCUT2D eigenvalue weighted by atomic mass is 16.6. The summed E-state index contributed by atoms with van der Waals surface area (Å²) in [6.07, 6.45) is 0. The Hall–Kier alpha value is -3.41. The second-order valence-electron chi connectivity index (χ2n) is 5.38. The molecule has 0 aliphatic rings. The summed E-state index contributed by atoms with van der Waals surface area (Å²) >= 11 is 0. The number of nitro groups is 1. The maximum Gasteiger partial charge on any atom is 0.269 e. The smallest absolute Gasteiger partial charge is 0.269 e. The summed E-state index contributed by atoms with van der Waals surface area (Å²) in [5, 5.41) is 32.3. The van der Waals surface area contributed by atoms with Gasteiger partial charge in [0, 0.05) is 34.0 Å². The van der Waals surface area contributed by atoms with E-state index in [0.29, 0.717) is 10.8 Å². The first-order chi connectivity index (χ1) is 11.4. The quantitative estimate of drug-likeness (QED) is 0.331. The van der Waals surface area contributed by atoms with E-state index in [1.165, 1.54) is 24.3 Å². The molecule has 6 heteroatoms. The van der Waals surface area contributed by atoms with Crippen LogP contribution in [0.4, 0.5) is 5.69 Å². The number of rotatable bonds is 3. The van der Waals surface area contributed by atoms with Crippen LogP contribution in [0.15, 0.2) is 48.5 Å². The van der Waals surface area contributed by atoms with Gasteiger partial charge >= 0.3 is 0 Å². The number of nitrogens with zero attached hydrogens (tertiary/aromatic N) is 1. The summed E-state index contributed by atoms with van der Waals surface area (Å²) < 4.78 is 0. The van der Waals surface area contributed by atoms with Crippen molar-refractivity contribution >= 4 is 22.2 Å². The number of benzene rings is 3. The first kappa shape index (κ1) is 15.5. The molecular weight excluding hydrogens is 310 g/mol. The summed E-state index contributed by atoms with van der Waals surface area (Å²) in [5.41, 5.74) is 0.303. The molecule has 3 aromatic carbocycles. The molecule has 0 atom stereocenters. The van der Waals surface area contributed by atoms with Crippen LogP contribution in [0.2, 0.25) is 0 Å². The van der Waals surface area contributed by atoms with Crippen LogP contribution in [0.1, 0.15) is 21.5 Å². The molecule has 0 heterocycles. The van der Waals surface area contributed by atoms with Gasteiger partial charge < -0.3 is 10.2 Å². The van der Waals surface area contributed by atoms with Gasteiger partial charge in [0.15, 0.2) is 5.78 Å². The van der Waals surface area contributed by atoms with Gasteiger partial charge in [-0.05, 0) is 19.1 Å². The Labute approximate surface area is 136 Å². The molecule has 3 rings (SSSR count). The average Bonchev–Trinajstić information content (AvgIpc) is 2.60. The molecule has 0 unspecified atom stereocenters. The van der Waals surface area contributed by atoms with Gasteiger partial charge in [0.2, 0.25) is 0 Å². The van der Waals surface area contributed by atoms with Crippen LogP contribution in [-0.4, -0.2) is 20.9 Å². The van der Waals surface area contributed by atoms with Crippen molar-refractivity contribution in [2.45, 2.75) is 6.92 Å². The van der Waals surface area contributed by atoms with Gasteiger partial charge in [-0.15, -0.1) is 0 Å². The molecule has 0 aromatic heterocycles. The van der Waals surface area contributed by atoms with Crippen molar-refractivity contribution in [2.24, 2.45) is 0 Å². The van der Waals surface area contributed by atoms with E-state index < -0.39 is 10.7 Å². The van der Waals surface area contributed by atoms with E-state index in [2.05, 4.69) is 0 Å². The highest BCUT2D eigenvalue weighted by Gasteiger charge is 2.22. The summed E-state index contributed by atoms with van der Waals surface area (Å²) in [6.45, 7) is 1.54. The Morgan fingerprint density at radius 3 is 2.04 bits per heavy atom. The molecule has 24 heavy (non-hydrogen) atoms. The minimum atomic E-state index is -0.557. The maximum absolute atomic E-state index is 12.7. The third-order valence-corrected chi connectivity index (χ3v) is 3.97. The molecule has 0 bridgehead atoms. The van der Waals surface area contributed by atoms with Crippen molar-refractivity contribution < 1.29 is 19.9 Å². The molecule has 0 aliphatic heterocycles. The summed E-state index contributed by atoms with van der Waals surface area (Å²) in [5.74, 6) is -0.807. The van der Waals surface area contributed by atoms with E-state index in [-0.39, 0.29) is 33.9 Å². The number of nitro benzene ring substituents is 1. The molecular formula is C18H13NO5. The van der Waals surface area contributed by atoms with E-state index in [4.69, 9.17) is 0 Å². The maximum atomic E-state index is 12.7. The third-order valence-electron chi connectivity index (χ3n) is 3.97. The fourth-order valence-electron chi connectivity index (χ4n) is 2.69. The highest BCUT2D eigenvalue weighted by Crippen LogP contribution is 2.40. The molecule has 2 N–H and O–H groups in total. The molecule has 0 saturated heterocycles. The van der Waals surface area contributed by atoms with Gasteiger partial charge in [-0.2, -0.15) is 0 Å². The Morgan fingerprint density at radius 2 is 1.50 bits per heavy atom. The zero-order valence-corrected chi connectivity index (χ0v) is 12.7. The minimum Gasteiger partial charge on any atom is -0.507 e. The number of non-ortho nitro benzene ring substituents is 1. The Kier molecular flexibility index (Phi) is 3.65. The van der Waals surface area contributed by atoms with E-state index in [1.54, 1.807) is 31.2 Å². The van der Waals surface area contributed by atoms with Gasteiger partial charge in [-0.25, -0.2) is 0 Å². The number of carbonyl (C=O) groups excluding carboxylic acids is 1. The molecule has 0 fully saturated rings. The lowest BCUT2D eigenvalue weighted by molar-refractivity contribution is -0.384. The lowest BCUT2D eigenvalue weighted by Crippen LogP contribution is -2.05. The Bertz CT molecular complexity index is 977. The number of carbonyl (C=O) groups is 1. The topological polar surface area (TPSA) is 101 Å². The van der Waals surface area contributed by atoms with E-state index in [1.807, 2.05) is 0 Å². The Balaban J connectivity index is 2.18. The number of aromatic hydroxyl groups is 2. The van der Waals surface area contributed by atoms with Gasteiger partial charge in [0.05, 0.1) is 10.5 Å². The second-order valence-corrected chi connectivity index (χ2v) is 5.38. The van der Waals surface area contributed by atoms with Crippen LogP contribution in [0.25, 0.3) is 10.8 Å². The zero-order valence-electron chi connectivity index (χ0n) is 12.7. The van der Waals surface area contributed by atoms with Crippen LogP contribution < -0.4 is 0 Å². The summed E-state index contributed by atoms with van der Waals surface area (Å²) in [6, 6.07) is 11.8. The number of phenolic OH excluding ortho intramolecular Hbond substituents is 2. The fourth-order valence-corrected chi connectivity index (χ4v) is 2.69. The number of ketones is 1. The standard InChI is InChI=1S/C18H13NO5/c1-10-15(17(21)11-6-8-12(9-7-11)19(23)24)18(22)14-5-3-2-4-13(14)16(10)20/h2-9,20,22H,1H3. The largest absolute Gasteiger partial charge is 0.507 e. The van der Waals surface area contributed by atoms with Gasteiger partial charge in [0.25, 0.3) is 5.69 Å². The van der Waals surface area contributed by atoms with Gasteiger partial charge in [-0.1, -0.05) is 24.3 Å². The molecule has 0 amide bonds. The average molecular weight is 323 g/mol. The minimum absolute atomic E-state index is 0.0138. The number of hydrogen-bond donors (Lipinski definition) is 2. The first-order valence-corrected chi connectivity index (χ1v) is 7.14. The van der Waals surface area contributed by atoms with Crippen molar-refractivity contribution in [1.82, 2.24) is 0 Å². The molecule has 0 saturated carbocycles. The number of fused-ring (bicyclic) bond motifs is 1. The predicted octanol–water partition coefficient (Wildman–Crippen LogP) is 3.70. The van der Waals surface area contributed by atoms with E-state index in [9.17, 15) is 25.1 Å². The monoisotopic (exact) mass is 323 g/mol. The van der Waals surface area contributed by atoms with Crippen LogP contribution in [0.3, 0.4) is 0 Å². The highest BCUT2D eigenvalue weighted by molar-refractivity contribution is 6.15. The molecule has 0 radical (unpaired) electrons. The fraction of sp³-hybridized carbons (Fsp3) is 0.0556. The molecule has 120 valence electrons. The predicted molar refractivity (Wildman–Crippen MR) is 88.5 cm³/mol. The van der Waals surface area contributed by atoms with Crippen LogP contribution in [-0.2, 0) is 0 Å². The van der Waals surface area contributed by atoms with Crippen LogP contribution in [0, 0.1) is 17.0 Å². The zero-order chi connectivity index (χ0) is 17.4. The molecule has 6 nitrogen and oxygen atoms in total. The lowest BCUT2D eigenvalue weighted by atomic mass is 9.93. The summed E-state index contributed by atoms with van der Waals surface area (Å²) in [7, 11) is 0. The van der Waals surface area contributed by atoms with Gasteiger partial charge in [0.1, 0.15) is 11.5 Å². The van der Waals surface area contributed by atoms with Crippen LogP contribution in [0.5, 0.6) is 11.5 Å². The molecule has 0 spiro atoms. The van der Waals surface area contributed by atoms with Crippen LogP contribution >= 0.6 is 0 Å². The normalized spacial score (nSPS) is 10.7. The van der Waals surface area contributed by atoms with E-state index in [0.717, 1.165) is 0 Å². The van der Waals surface area contributed by atoms with Gasteiger partial charge in [-0.3, -0.25) is 14.9 Å². The number of phenols is 2.